The van der Waals surface area contributed by atoms with Crippen LogP contribution in [-0.2, 0) is 4.79 Å². The Morgan fingerprint density at radius 1 is 1.61 bits per heavy atom. The van der Waals surface area contributed by atoms with Gasteiger partial charge in [0.25, 0.3) is 0 Å². The van der Waals surface area contributed by atoms with Crippen LogP contribution < -0.4 is 4.90 Å². The second-order valence-electron chi connectivity index (χ2n) is 4.46. The summed E-state index contributed by atoms with van der Waals surface area (Å²) >= 11 is 0. The van der Waals surface area contributed by atoms with Gasteiger partial charge in [0.2, 0.25) is 5.91 Å². The molecule has 0 aliphatic carbocycles. The number of aryl methyl sites for hydroxylation is 1. The number of anilines is 1. The zero-order valence-electron chi connectivity index (χ0n) is 10.1. The van der Waals surface area contributed by atoms with Gasteiger partial charge in [-0.25, -0.2) is 0 Å². The number of nitrogens with zero attached hydrogens (tertiary/aromatic N) is 4. The Labute approximate surface area is 104 Å². The predicted molar refractivity (Wildman–Crippen MR) is 67.3 cm³/mol. The molecular formula is C12H14N4O2. The van der Waals surface area contributed by atoms with Crippen LogP contribution >= 0.6 is 0 Å². The highest BCUT2D eigenvalue weighted by molar-refractivity contribution is 5.96. The minimum atomic E-state index is 0.0296. The number of rotatable bonds is 3. The van der Waals surface area contributed by atoms with E-state index in [1.54, 1.807) is 23.1 Å². The van der Waals surface area contributed by atoms with Gasteiger partial charge in [-0.05, 0) is 42.1 Å². The van der Waals surface area contributed by atoms with Crippen molar-refractivity contribution in [1.29, 1.82) is 0 Å². The Bertz CT molecular complexity index is 523. The summed E-state index contributed by atoms with van der Waals surface area (Å²) in [5, 5.41) is 12.9. The monoisotopic (exact) mass is 246 g/mol. The lowest BCUT2D eigenvalue weighted by molar-refractivity contribution is -0.117. The molecule has 0 aromatic heterocycles. The molecule has 0 radical (unpaired) electrons. The van der Waals surface area contributed by atoms with E-state index in [0.29, 0.717) is 19.5 Å². The maximum Gasteiger partial charge on any atom is 0.227 e. The van der Waals surface area contributed by atoms with Crippen LogP contribution in [0.3, 0.4) is 0 Å². The number of hydrogen-bond donors (Lipinski definition) is 1. The van der Waals surface area contributed by atoms with Gasteiger partial charge >= 0.3 is 0 Å². The third kappa shape index (κ3) is 2.38. The Morgan fingerprint density at radius 3 is 3.06 bits per heavy atom. The smallest absolute Gasteiger partial charge is 0.227 e. The molecule has 18 heavy (non-hydrogen) atoms. The Kier molecular flexibility index (Phi) is 3.39. The van der Waals surface area contributed by atoms with Crippen LogP contribution in [0.2, 0.25) is 0 Å². The largest absolute Gasteiger partial charge is 0.508 e. The van der Waals surface area contributed by atoms with Crippen molar-refractivity contribution in [3.05, 3.63) is 34.2 Å². The first-order valence-corrected chi connectivity index (χ1v) is 5.72. The molecule has 0 spiro atoms. The highest BCUT2D eigenvalue weighted by Gasteiger charge is 2.30. The van der Waals surface area contributed by atoms with Crippen LogP contribution in [0.1, 0.15) is 12.0 Å². The minimum absolute atomic E-state index is 0.0296. The first-order chi connectivity index (χ1) is 8.61. The second-order valence-corrected chi connectivity index (χ2v) is 4.46. The lowest BCUT2D eigenvalue weighted by atomic mass is 10.1. The number of carbonyl (C=O) groups excluding carboxylic acids is 1. The fourth-order valence-electron chi connectivity index (χ4n) is 2.23. The van der Waals surface area contributed by atoms with Gasteiger partial charge in [-0.2, -0.15) is 0 Å². The summed E-state index contributed by atoms with van der Waals surface area (Å²) < 4.78 is 0. The number of azide groups is 1. The standard InChI is InChI=1S/C12H14N4O2/c1-8-4-10(17)2-3-11(8)16-7-9(5-12(16)18)6-14-15-13/h2-4,9,17H,5-7H2,1H3. The molecule has 1 unspecified atom stereocenters. The van der Waals surface area contributed by atoms with Crippen molar-refractivity contribution in [3.63, 3.8) is 0 Å². The molecule has 6 nitrogen and oxygen atoms in total. The highest BCUT2D eigenvalue weighted by Crippen LogP contribution is 2.29. The molecule has 1 saturated heterocycles. The van der Waals surface area contributed by atoms with Gasteiger partial charge < -0.3 is 10.0 Å². The second kappa shape index (κ2) is 4.98. The van der Waals surface area contributed by atoms with E-state index in [9.17, 15) is 9.90 Å². The number of amides is 1. The van der Waals surface area contributed by atoms with Crippen LogP contribution in [0.15, 0.2) is 23.3 Å². The molecule has 1 aliphatic rings. The molecular weight excluding hydrogens is 232 g/mol. The Morgan fingerprint density at radius 2 is 2.39 bits per heavy atom. The fourth-order valence-corrected chi connectivity index (χ4v) is 2.23. The van der Waals surface area contributed by atoms with Crippen molar-refractivity contribution in [2.45, 2.75) is 13.3 Å². The van der Waals surface area contributed by atoms with Gasteiger partial charge in [-0.3, -0.25) is 4.79 Å². The average molecular weight is 246 g/mol. The normalized spacial score (nSPS) is 18.8. The molecule has 1 aromatic rings. The summed E-state index contributed by atoms with van der Waals surface area (Å²) in [5.74, 6) is 0.289. The molecule has 1 N–H and O–H groups in total. The molecule has 1 fully saturated rings. The van der Waals surface area contributed by atoms with E-state index in [2.05, 4.69) is 10.0 Å². The maximum atomic E-state index is 11.9. The van der Waals surface area contributed by atoms with Crippen LogP contribution in [0.25, 0.3) is 10.4 Å². The molecule has 94 valence electrons. The minimum Gasteiger partial charge on any atom is -0.508 e. The van der Waals surface area contributed by atoms with Crippen molar-refractivity contribution >= 4 is 11.6 Å². The Balaban J connectivity index is 2.18. The van der Waals surface area contributed by atoms with E-state index in [4.69, 9.17) is 5.53 Å². The molecule has 2 rings (SSSR count). The van der Waals surface area contributed by atoms with Gasteiger partial charge in [0.1, 0.15) is 5.75 Å². The van der Waals surface area contributed by atoms with Gasteiger partial charge in [0, 0.05) is 30.1 Å². The van der Waals surface area contributed by atoms with E-state index in [0.717, 1.165) is 11.3 Å². The van der Waals surface area contributed by atoms with Gasteiger partial charge in [-0.15, -0.1) is 0 Å². The number of aromatic hydroxyl groups is 1. The zero-order valence-corrected chi connectivity index (χ0v) is 10.1. The van der Waals surface area contributed by atoms with Gasteiger partial charge in [0.05, 0.1) is 0 Å². The molecule has 1 heterocycles. The summed E-state index contributed by atoms with van der Waals surface area (Å²) in [5.41, 5.74) is 9.94. The van der Waals surface area contributed by atoms with Crippen molar-refractivity contribution in [3.8, 4) is 5.75 Å². The Hall–Kier alpha value is -2.20. The first kappa shape index (κ1) is 12.3. The molecule has 1 aromatic carbocycles. The van der Waals surface area contributed by atoms with Crippen molar-refractivity contribution in [2.24, 2.45) is 11.0 Å². The summed E-state index contributed by atoms with van der Waals surface area (Å²) in [6.07, 6.45) is 0.402. The molecule has 1 amide bonds. The van der Waals surface area contributed by atoms with Gasteiger partial charge in [-0.1, -0.05) is 5.11 Å². The van der Waals surface area contributed by atoms with Crippen molar-refractivity contribution in [2.75, 3.05) is 18.0 Å². The molecule has 1 aliphatic heterocycles. The summed E-state index contributed by atoms with van der Waals surface area (Å²) in [6, 6.07) is 4.93. The van der Waals surface area contributed by atoms with Crippen LogP contribution in [0, 0.1) is 12.8 Å². The molecule has 1 atom stereocenters. The summed E-state index contributed by atoms with van der Waals surface area (Å²) in [4.78, 5) is 16.3. The number of carbonyl (C=O) groups is 1. The van der Waals surface area contributed by atoms with Crippen LogP contribution in [0.4, 0.5) is 5.69 Å². The molecule has 0 bridgehead atoms. The number of phenols is 1. The third-order valence-electron chi connectivity index (χ3n) is 3.08. The highest BCUT2D eigenvalue weighted by atomic mass is 16.3. The zero-order chi connectivity index (χ0) is 13.1. The quantitative estimate of drug-likeness (QED) is 0.504. The van der Waals surface area contributed by atoms with Crippen LogP contribution in [0.5, 0.6) is 5.75 Å². The number of benzene rings is 1. The maximum absolute atomic E-state index is 11.9. The van der Waals surface area contributed by atoms with Crippen molar-refractivity contribution < 1.29 is 9.90 Å². The topological polar surface area (TPSA) is 89.3 Å². The van der Waals surface area contributed by atoms with Gasteiger partial charge in [0.15, 0.2) is 0 Å². The average Bonchev–Trinajstić information content (AvgIpc) is 2.68. The summed E-state index contributed by atoms with van der Waals surface area (Å²) in [7, 11) is 0. The van der Waals surface area contributed by atoms with E-state index < -0.39 is 0 Å². The predicted octanol–water partition coefficient (Wildman–Crippen LogP) is 2.36. The van der Waals surface area contributed by atoms with E-state index >= 15 is 0 Å². The molecule has 6 heteroatoms. The van der Waals surface area contributed by atoms with Crippen LogP contribution in [-0.4, -0.2) is 24.1 Å². The van der Waals surface area contributed by atoms with Crippen molar-refractivity contribution in [1.82, 2.24) is 0 Å². The first-order valence-electron chi connectivity index (χ1n) is 5.72. The number of hydrogen-bond acceptors (Lipinski definition) is 3. The van der Waals surface area contributed by atoms with E-state index in [-0.39, 0.29) is 17.6 Å². The lowest BCUT2D eigenvalue weighted by Crippen LogP contribution is -2.25. The fraction of sp³-hybridized carbons (Fsp3) is 0.417. The summed E-state index contributed by atoms with van der Waals surface area (Å²) in [6.45, 7) is 2.75. The number of phenolic OH excluding ortho intramolecular Hbond substituents is 1. The molecule has 0 saturated carbocycles. The lowest BCUT2D eigenvalue weighted by Gasteiger charge is -2.19. The van der Waals surface area contributed by atoms with E-state index in [1.807, 2.05) is 6.92 Å². The third-order valence-corrected chi connectivity index (χ3v) is 3.08. The SMILES string of the molecule is Cc1cc(O)ccc1N1CC(CN=[N+]=[N-])CC1=O. The van der Waals surface area contributed by atoms with E-state index in [1.165, 1.54) is 0 Å².